The summed E-state index contributed by atoms with van der Waals surface area (Å²) in [5.41, 5.74) is 0.0969. The Morgan fingerprint density at radius 1 is 1.39 bits per heavy atom. The van der Waals surface area contributed by atoms with Crippen molar-refractivity contribution in [1.82, 2.24) is 5.32 Å². The van der Waals surface area contributed by atoms with E-state index in [2.05, 4.69) is 10.6 Å². The van der Waals surface area contributed by atoms with Crippen LogP contribution in [-0.4, -0.2) is 23.4 Å². The van der Waals surface area contributed by atoms with Gasteiger partial charge in [-0.3, -0.25) is 14.9 Å². The van der Waals surface area contributed by atoms with Crippen molar-refractivity contribution in [2.24, 2.45) is 0 Å². The molecule has 6 nitrogen and oxygen atoms in total. The second kappa shape index (κ2) is 4.99. The highest BCUT2D eigenvalue weighted by molar-refractivity contribution is 6.42. The zero-order valence-electron chi connectivity index (χ0n) is 9.07. The number of halogens is 2. The lowest BCUT2D eigenvalue weighted by atomic mass is 10.2. The van der Waals surface area contributed by atoms with E-state index in [0.717, 1.165) is 0 Å². The molecule has 1 aromatic rings. The summed E-state index contributed by atoms with van der Waals surface area (Å²) in [6.45, 7) is 0.427. The fourth-order valence-corrected chi connectivity index (χ4v) is 2.05. The molecule has 1 amide bonds. The number of nitro benzene ring substituents is 1. The highest BCUT2D eigenvalue weighted by atomic mass is 35.5. The molecule has 0 bridgehead atoms. The molecule has 0 aliphatic carbocycles. The van der Waals surface area contributed by atoms with E-state index in [-0.39, 0.29) is 39.8 Å². The second-order valence-electron chi connectivity index (χ2n) is 3.89. The summed E-state index contributed by atoms with van der Waals surface area (Å²) >= 11 is 11.6. The topological polar surface area (TPSA) is 84.3 Å². The lowest BCUT2D eigenvalue weighted by Crippen LogP contribution is -2.22. The molecule has 1 saturated heterocycles. The Hall–Kier alpha value is -1.53. The maximum Gasteiger partial charge on any atom is 0.293 e. The average molecular weight is 290 g/mol. The molecular weight excluding hydrogens is 281 g/mol. The van der Waals surface area contributed by atoms with E-state index in [4.69, 9.17) is 23.2 Å². The van der Waals surface area contributed by atoms with Gasteiger partial charge in [0.25, 0.3) is 5.69 Å². The quantitative estimate of drug-likeness (QED) is 0.660. The van der Waals surface area contributed by atoms with Crippen molar-refractivity contribution < 1.29 is 9.72 Å². The molecule has 8 heteroatoms. The molecule has 0 saturated carbocycles. The van der Waals surface area contributed by atoms with Crippen LogP contribution in [0.5, 0.6) is 0 Å². The van der Waals surface area contributed by atoms with Gasteiger partial charge in [-0.25, -0.2) is 0 Å². The van der Waals surface area contributed by atoms with Gasteiger partial charge in [0.05, 0.1) is 21.0 Å². The molecule has 2 rings (SSSR count). The lowest BCUT2D eigenvalue weighted by Gasteiger charge is -2.12. The number of nitro groups is 1. The van der Waals surface area contributed by atoms with Gasteiger partial charge in [0.2, 0.25) is 5.91 Å². The van der Waals surface area contributed by atoms with Crippen molar-refractivity contribution in [2.75, 3.05) is 11.9 Å². The van der Waals surface area contributed by atoms with Crippen molar-refractivity contribution in [3.8, 4) is 0 Å². The van der Waals surface area contributed by atoms with Crippen LogP contribution in [0.3, 0.4) is 0 Å². The predicted octanol–water partition coefficient (Wildman–Crippen LogP) is 2.20. The molecule has 1 unspecified atom stereocenters. The molecule has 0 aromatic heterocycles. The van der Waals surface area contributed by atoms with Crippen LogP contribution in [-0.2, 0) is 4.79 Å². The summed E-state index contributed by atoms with van der Waals surface area (Å²) in [5, 5.41) is 16.8. The van der Waals surface area contributed by atoms with Crippen LogP contribution in [0.4, 0.5) is 11.4 Å². The third-order valence-corrected chi connectivity index (χ3v) is 3.29. The first kappa shape index (κ1) is 12.9. The Morgan fingerprint density at radius 3 is 2.61 bits per heavy atom. The molecular formula is C10H9Cl2N3O3. The van der Waals surface area contributed by atoms with Crippen LogP contribution in [0.2, 0.25) is 10.0 Å². The Balaban J connectivity index is 2.28. The molecule has 1 aliphatic rings. The van der Waals surface area contributed by atoms with Crippen molar-refractivity contribution >= 4 is 40.5 Å². The molecule has 0 radical (unpaired) electrons. The Bertz CT molecular complexity index is 521. The molecule has 2 N–H and O–H groups in total. The molecule has 96 valence electrons. The van der Waals surface area contributed by atoms with Gasteiger partial charge in [0.15, 0.2) is 0 Å². The number of nitrogens with zero attached hydrogens (tertiary/aromatic N) is 1. The number of anilines is 1. The minimum atomic E-state index is -0.547. The molecule has 1 aromatic carbocycles. The summed E-state index contributed by atoms with van der Waals surface area (Å²) in [5.74, 6) is -0.0878. The summed E-state index contributed by atoms with van der Waals surface area (Å²) in [6.07, 6.45) is 0.275. The van der Waals surface area contributed by atoms with Gasteiger partial charge in [-0.05, 0) is 6.07 Å². The van der Waals surface area contributed by atoms with E-state index in [1.165, 1.54) is 12.1 Å². The Labute approximate surface area is 112 Å². The predicted molar refractivity (Wildman–Crippen MR) is 68.2 cm³/mol. The summed E-state index contributed by atoms with van der Waals surface area (Å²) in [6, 6.07) is 2.40. The number of hydrogen-bond acceptors (Lipinski definition) is 4. The number of benzene rings is 1. The van der Waals surface area contributed by atoms with Gasteiger partial charge >= 0.3 is 0 Å². The monoisotopic (exact) mass is 289 g/mol. The van der Waals surface area contributed by atoms with E-state index in [1.54, 1.807) is 0 Å². The first-order valence-corrected chi connectivity index (χ1v) is 5.89. The van der Waals surface area contributed by atoms with Crippen LogP contribution in [0.15, 0.2) is 12.1 Å². The first-order valence-electron chi connectivity index (χ1n) is 5.14. The largest absolute Gasteiger partial charge is 0.374 e. The highest BCUT2D eigenvalue weighted by Crippen LogP contribution is 2.34. The normalized spacial score (nSPS) is 18.6. The third kappa shape index (κ3) is 2.65. The van der Waals surface area contributed by atoms with Crippen molar-refractivity contribution in [1.29, 1.82) is 0 Å². The van der Waals surface area contributed by atoms with Crippen molar-refractivity contribution in [3.05, 3.63) is 32.3 Å². The second-order valence-corrected chi connectivity index (χ2v) is 4.70. The van der Waals surface area contributed by atoms with Crippen LogP contribution in [0, 0.1) is 10.1 Å². The van der Waals surface area contributed by atoms with E-state index in [9.17, 15) is 14.9 Å². The maximum absolute atomic E-state index is 11.1. The molecule has 1 aliphatic heterocycles. The molecule has 1 fully saturated rings. The van der Waals surface area contributed by atoms with Crippen molar-refractivity contribution in [2.45, 2.75) is 12.5 Å². The summed E-state index contributed by atoms with van der Waals surface area (Å²) in [7, 11) is 0. The van der Waals surface area contributed by atoms with E-state index in [1.807, 2.05) is 0 Å². The van der Waals surface area contributed by atoms with Gasteiger partial charge in [0.1, 0.15) is 5.69 Å². The number of amides is 1. The standard InChI is InChI=1S/C10H9Cl2N3O3/c11-6-2-8(9(15(17)18)3-7(6)12)14-5-1-10(16)13-4-5/h2-3,5,14H,1,4H2,(H,13,16). The van der Waals surface area contributed by atoms with Crippen LogP contribution in [0.1, 0.15) is 6.42 Å². The molecule has 1 heterocycles. The zero-order valence-corrected chi connectivity index (χ0v) is 10.6. The minimum absolute atomic E-state index is 0.0878. The fraction of sp³-hybridized carbons (Fsp3) is 0.300. The zero-order chi connectivity index (χ0) is 13.3. The molecule has 1 atom stereocenters. The van der Waals surface area contributed by atoms with E-state index >= 15 is 0 Å². The van der Waals surface area contributed by atoms with E-state index < -0.39 is 4.92 Å². The van der Waals surface area contributed by atoms with E-state index in [0.29, 0.717) is 6.54 Å². The Kier molecular flexibility index (Phi) is 3.58. The van der Waals surface area contributed by atoms with Gasteiger partial charge in [-0.1, -0.05) is 23.2 Å². The van der Waals surface area contributed by atoms with Crippen LogP contribution < -0.4 is 10.6 Å². The minimum Gasteiger partial charge on any atom is -0.374 e. The van der Waals surface area contributed by atoms with Crippen LogP contribution >= 0.6 is 23.2 Å². The summed E-state index contributed by atoms with van der Waals surface area (Å²) in [4.78, 5) is 21.4. The molecule has 18 heavy (non-hydrogen) atoms. The lowest BCUT2D eigenvalue weighted by molar-refractivity contribution is -0.384. The number of hydrogen-bond donors (Lipinski definition) is 2. The average Bonchev–Trinajstić information content (AvgIpc) is 2.68. The van der Waals surface area contributed by atoms with Crippen molar-refractivity contribution in [3.63, 3.8) is 0 Å². The SMILES string of the molecule is O=C1CC(Nc2cc(Cl)c(Cl)cc2[N+](=O)[O-])CN1. The fourth-order valence-electron chi connectivity index (χ4n) is 1.73. The van der Waals surface area contributed by atoms with Gasteiger partial charge in [0, 0.05) is 19.0 Å². The van der Waals surface area contributed by atoms with Crippen LogP contribution in [0.25, 0.3) is 0 Å². The number of carbonyl (C=O) groups is 1. The smallest absolute Gasteiger partial charge is 0.293 e. The number of rotatable bonds is 3. The number of carbonyl (C=O) groups excluding carboxylic acids is 1. The van der Waals surface area contributed by atoms with Gasteiger partial charge in [-0.2, -0.15) is 0 Å². The Morgan fingerprint density at radius 2 is 2.06 bits per heavy atom. The number of nitrogens with one attached hydrogen (secondary N) is 2. The van der Waals surface area contributed by atoms with Gasteiger partial charge < -0.3 is 10.6 Å². The molecule has 0 spiro atoms. The third-order valence-electron chi connectivity index (χ3n) is 2.57. The maximum atomic E-state index is 11.1. The summed E-state index contributed by atoms with van der Waals surface area (Å²) < 4.78 is 0. The highest BCUT2D eigenvalue weighted by Gasteiger charge is 2.25. The first-order chi connectivity index (χ1) is 8.47. The van der Waals surface area contributed by atoms with Gasteiger partial charge in [-0.15, -0.1) is 0 Å².